The van der Waals surface area contributed by atoms with E-state index in [9.17, 15) is 4.79 Å². The maximum Gasteiger partial charge on any atom is 0.223 e. The van der Waals surface area contributed by atoms with Crippen molar-refractivity contribution in [3.8, 4) is 0 Å². The van der Waals surface area contributed by atoms with E-state index in [1.165, 1.54) is 6.42 Å². The van der Waals surface area contributed by atoms with Crippen LogP contribution >= 0.6 is 11.6 Å². The summed E-state index contributed by atoms with van der Waals surface area (Å²) in [5.74, 6) is 2.75. The second-order valence-electron chi connectivity index (χ2n) is 5.60. The van der Waals surface area contributed by atoms with Gasteiger partial charge in [-0.3, -0.25) is 4.79 Å². The summed E-state index contributed by atoms with van der Waals surface area (Å²) in [5.41, 5.74) is 2.23. The third-order valence-corrected chi connectivity index (χ3v) is 4.54. The Bertz CT molecular complexity index is 450. The summed E-state index contributed by atoms with van der Waals surface area (Å²) in [6.07, 6.45) is 3.58. The van der Waals surface area contributed by atoms with Crippen LogP contribution in [0.5, 0.6) is 0 Å². The minimum atomic E-state index is 0.235. The molecule has 0 heterocycles. The predicted molar refractivity (Wildman–Crippen MR) is 72.2 cm³/mol. The molecule has 0 saturated heterocycles. The molecule has 2 aliphatic rings. The number of halogens is 1. The van der Waals surface area contributed by atoms with E-state index in [2.05, 4.69) is 11.4 Å². The van der Waals surface area contributed by atoms with Crippen molar-refractivity contribution < 1.29 is 4.79 Å². The lowest BCUT2D eigenvalue weighted by atomic mass is 10.0. The van der Waals surface area contributed by atoms with E-state index in [0.717, 1.165) is 35.8 Å². The molecule has 2 fully saturated rings. The molecule has 0 bridgehead atoms. The topological polar surface area (TPSA) is 29.1 Å². The van der Waals surface area contributed by atoms with Gasteiger partial charge in [-0.1, -0.05) is 24.3 Å². The number of amides is 1. The van der Waals surface area contributed by atoms with Crippen molar-refractivity contribution in [1.82, 2.24) is 5.32 Å². The smallest absolute Gasteiger partial charge is 0.223 e. The van der Waals surface area contributed by atoms with Crippen LogP contribution in [-0.4, -0.2) is 5.91 Å². The van der Waals surface area contributed by atoms with Crippen molar-refractivity contribution >= 4 is 17.5 Å². The van der Waals surface area contributed by atoms with Crippen molar-refractivity contribution in [2.24, 2.45) is 17.8 Å². The highest BCUT2D eigenvalue weighted by Crippen LogP contribution is 2.54. The van der Waals surface area contributed by atoms with Crippen LogP contribution in [-0.2, 0) is 17.2 Å². The SMILES string of the molecule is O=C(NCc1cccc(CCl)c1)C1CC2CC2C1. The molecule has 1 amide bonds. The van der Waals surface area contributed by atoms with Gasteiger partial charge in [0.1, 0.15) is 0 Å². The quantitative estimate of drug-likeness (QED) is 0.831. The van der Waals surface area contributed by atoms with Gasteiger partial charge in [-0.2, -0.15) is 0 Å². The van der Waals surface area contributed by atoms with Gasteiger partial charge in [0.15, 0.2) is 0 Å². The molecule has 2 nitrogen and oxygen atoms in total. The van der Waals surface area contributed by atoms with Crippen LogP contribution in [0.1, 0.15) is 30.4 Å². The highest BCUT2D eigenvalue weighted by Gasteiger charge is 2.47. The predicted octanol–water partition coefficient (Wildman–Crippen LogP) is 3.09. The van der Waals surface area contributed by atoms with Crippen molar-refractivity contribution in [3.63, 3.8) is 0 Å². The van der Waals surface area contributed by atoms with Gasteiger partial charge in [-0.25, -0.2) is 0 Å². The molecule has 96 valence electrons. The average molecular weight is 264 g/mol. The second kappa shape index (κ2) is 4.93. The first-order valence-electron chi connectivity index (χ1n) is 6.67. The van der Waals surface area contributed by atoms with Gasteiger partial charge >= 0.3 is 0 Å². The van der Waals surface area contributed by atoms with E-state index in [1.54, 1.807) is 0 Å². The largest absolute Gasteiger partial charge is 0.352 e. The molecular weight excluding hydrogens is 246 g/mol. The Morgan fingerprint density at radius 1 is 1.22 bits per heavy atom. The zero-order valence-corrected chi connectivity index (χ0v) is 11.1. The van der Waals surface area contributed by atoms with Gasteiger partial charge in [0.25, 0.3) is 0 Å². The molecule has 1 N–H and O–H groups in total. The van der Waals surface area contributed by atoms with Gasteiger partial charge < -0.3 is 5.32 Å². The Kier molecular flexibility index (Phi) is 3.29. The number of rotatable bonds is 4. The number of nitrogens with one attached hydrogen (secondary N) is 1. The van der Waals surface area contributed by atoms with Crippen LogP contribution in [0.15, 0.2) is 24.3 Å². The van der Waals surface area contributed by atoms with Crippen molar-refractivity contribution in [3.05, 3.63) is 35.4 Å². The van der Waals surface area contributed by atoms with Crippen LogP contribution in [0.3, 0.4) is 0 Å². The lowest BCUT2D eigenvalue weighted by Gasteiger charge is -2.12. The fourth-order valence-electron chi connectivity index (χ4n) is 3.09. The van der Waals surface area contributed by atoms with Gasteiger partial charge in [0.2, 0.25) is 5.91 Å². The third-order valence-electron chi connectivity index (χ3n) is 4.23. The van der Waals surface area contributed by atoms with E-state index in [0.29, 0.717) is 12.4 Å². The lowest BCUT2D eigenvalue weighted by molar-refractivity contribution is -0.125. The third kappa shape index (κ3) is 2.54. The lowest BCUT2D eigenvalue weighted by Crippen LogP contribution is -2.29. The van der Waals surface area contributed by atoms with E-state index >= 15 is 0 Å². The Balaban J connectivity index is 1.52. The fraction of sp³-hybridized carbons (Fsp3) is 0.533. The number of carbonyl (C=O) groups excluding carboxylic acids is 1. The minimum Gasteiger partial charge on any atom is -0.352 e. The number of hydrogen-bond donors (Lipinski definition) is 1. The van der Waals surface area contributed by atoms with E-state index in [4.69, 9.17) is 11.6 Å². The van der Waals surface area contributed by atoms with Crippen LogP contribution in [0, 0.1) is 17.8 Å². The molecule has 3 heteroatoms. The van der Waals surface area contributed by atoms with E-state index < -0.39 is 0 Å². The normalized spacial score (nSPS) is 28.8. The van der Waals surface area contributed by atoms with Crippen LogP contribution in [0.4, 0.5) is 0 Å². The highest BCUT2D eigenvalue weighted by molar-refractivity contribution is 6.17. The van der Waals surface area contributed by atoms with Crippen LogP contribution in [0.25, 0.3) is 0 Å². The van der Waals surface area contributed by atoms with E-state index in [-0.39, 0.29) is 11.8 Å². The van der Waals surface area contributed by atoms with Crippen molar-refractivity contribution in [2.45, 2.75) is 31.7 Å². The molecule has 0 radical (unpaired) electrons. The van der Waals surface area contributed by atoms with Gasteiger partial charge in [-0.05, 0) is 42.2 Å². The summed E-state index contributed by atoms with van der Waals surface area (Å²) in [6.45, 7) is 0.620. The molecule has 0 spiro atoms. The summed E-state index contributed by atoms with van der Waals surface area (Å²) >= 11 is 5.80. The Hall–Kier alpha value is -1.02. The molecular formula is C15H18ClNO. The number of hydrogen-bond acceptors (Lipinski definition) is 1. The van der Waals surface area contributed by atoms with Gasteiger partial charge in [0, 0.05) is 18.3 Å². The summed E-state index contributed by atoms with van der Waals surface area (Å²) in [6, 6.07) is 8.08. The maximum absolute atomic E-state index is 12.0. The molecule has 2 atom stereocenters. The zero-order chi connectivity index (χ0) is 12.5. The molecule has 2 unspecified atom stereocenters. The van der Waals surface area contributed by atoms with Gasteiger partial charge in [-0.15, -0.1) is 11.6 Å². The first-order chi connectivity index (χ1) is 8.76. The average Bonchev–Trinajstić information content (AvgIpc) is 3.02. The number of carbonyl (C=O) groups is 1. The Morgan fingerprint density at radius 3 is 2.67 bits per heavy atom. The molecule has 2 saturated carbocycles. The first kappa shape index (κ1) is 12.0. The maximum atomic E-state index is 12.0. The summed E-state index contributed by atoms with van der Waals surface area (Å²) in [4.78, 5) is 12.0. The van der Waals surface area contributed by atoms with E-state index in [1.807, 2.05) is 18.2 Å². The molecule has 3 rings (SSSR count). The summed E-state index contributed by atoms with van der Waals surface area (Å²) < 4.78 is 0. The Morgan fingerprint density at radius 2 is 1.94 bits per heavy atom. The second-order valence-corrected chi connectivity index (χ2v) is 5.86. The fourth-order valence-corrected chi connectivity index (χ4v) is 3.25. The molecule has 18 heavy (non-hydrogen) atoms. The molecule has 2 aliphatic carbocycles. The monoisotopic (exact) mass is 263 g/mol. The van der Waals surface area contributed by atoms with Crippen LogP contribution in [0.2, 0.25) is 0 Å². The van der Waals surface area contributed by atoms with Crippen LogP contribution < -0.4 is 5.32 Å². The minimum absolute atomic E-state index is 0.235. The van der Waals surface area contributed by atoms with Gasteiger partial charge in [0.05, 0.1) is 0 Å². The number of alkyl halides is 1. The first-order valence-corrected chi connectivity index (χ1v) is 7.21. The molecule has 1 aromatic carbocycles. The molecule has 1 aromatic rings. The number of benzene rings is 1. The summed E-state index contributed by atoms with van der Waals surface area (Å²) in [7, 11) is 0. The highest BCUT2D eigenvalue weighted by atomic mass is 35.5. The Labute approximate surface area is 113 Å². The zero-order valence-electron chi connectivity index (χ0n) is 10.4. The number of fused-ring (bicyclic) bond motifs is 1. The van der Waals surface area contributed by atoms with Crippen molar-refractivity contribution in [1.29, 1.82) is 0 Å². The molecule has 0 aromatic heterocycles. The standard InChI is InChI=1S/C15H18ClNO/c16-8-10-2-1-3-11(4-10)9-17-15(18)14-6-12-5-13(12)7-14/h1-4,12-14H,5-9H2,(H,17,18). The molecule has 0 aliphatic heterocycles. The van der Waals surface area contributed by atoms with Crippen molar-refractivity contribution in [2.75, 3.05) is 0 Å². The summed E-state index contributed by atoms with van der Waals surface area (Å²) in [5, 5.41) is 3.05.